The van der Waals surface area contributed by atoms with E-state index in [1.165, 1.54) is 10.5 Å². The lowest BCUT2D eigenvalue weighted by Gasteiger charge is -2.02. The Labute approximate surface area is 149 Å². The van der Waals surface area contributed by atoms with Gasteiger partial charge in [-0.1, -0.05) is 22.8 Å². The highest BCUT2D eigenvalue weighted by Gasteiger charge is 2.13. The Morgan fingerprint density at radius 3 is 2.76 bits per heavy atom. The Morgan fingerprint density at radius 2 is 2.04 bits per heavy atom. The summed E-state index contributed by atoms with van der Waals surface area (Å²) in [6.07, 6.45) is 2.82. The fourth-order valence-electron chi connectivity index (χ4n) is 2.20. The molecule has 0 fully saturated rings. The van der Waals surface area contributed by atoms with Crippen molar-refractivity contribution in [1.82, 2.24) is 20.0 Å². The van der Waals surface area contributed by atoms with Gasteiger partial charge in [0.15, 0.2) is 0 Å². The fourth-order valence-corrected chi connectivity index (χ4v) is 3.05. The molecule has 0 saturated heterocycles. The predicted molar refractivity (Wildman–Crippen MR) is 96.3 cm³/mol. The van der Waals surface area contributed by atoms with E-state index >= 15 is 0 Å². The SMILES string of the molecule is Cc1ccc(SCCCC(=O)Nc2nnc(-c3ccnn3C)o2)cc1. The van der Waals surface area contributed by atoms with Crippen LogP contribution in [0.5, 0.6) is 0 Å². The Hall–Kier alpha value is -2.61. The number of rotatable bonds is 7. The van der Waals surface area contributed by atoms with E-state index in [9.17, 15) is 4.79 Å². The van der Waals surface area contributed by atoms with Crippen LogP contribution in [0.4, 0.5) is 6.01 Å². The van der Waals surface area contributed by atoms with Crippen LogP contribution in [0.15, 0.2) is 45.8 Å². The second kappa shape index (κ2) is 7.98. The van der Waals surface area contributed by atoms with Gasteiger partial charge in [-0.2, -0.15) is 5.10 Å². The molecule has 25 heavy (non-hydrogen) atoms. The normalized spacial score (nSPS) is 10.8. The average Bonchev–Trinajstić information content (AvgIpc) is 3.22. The van der Waals surface area contributed by atoms with Crippen LogP contribution < -0.4 is 5.32 Å². The van der Waals surface area contributed by atoms with Gasteiger partial charge in [0.2, 0.25) is 5.91 Å². The van der Waals surface area contributed by atoms with Gasteiger partial charge in [-0.05, 0) is 37.3 Å². The van der Waals surface area contributed by atoms with Gasteiger partial charge in [-0.3, -0.25) is 14.8 Å². The number of nitrogens with one attached hydrogen (secondary N) is 1. The van der Waals surface area contributed by atoms with Crippen molar-refractivity contribution in [3.8, 4) is 11.6 Å². The number of aryl methyl sites for hydroxylation is 2. The number of amides is 1. The van der Waals surface area contributed by atoms with Gasteiger partial charge in [0.05, 0.1) is 0 Å². The standard InChI is InChI=1S/C17H19N5O2S/c1-12-5-7-13(8-6-12)25-11-3-4-15(23)19-17-21-20-16(24-17)14-9-10-18-22(14)2/h5-10H,3-4,11H2,1-2H3,(H,19,21,23). The summed E-state index contributed by atoms with van der Waals surface area (Å²) in [5.74, 6) is 1.07. The first-order valence-corrected chi connectivity index (χ1v) is 8.91. The molecular formula is C17H19N5O2S. The van der Waals surface area contributed by atoms with E-state index in [0.29, 0.717) is 18.0 Å². The summed E-state index contributed by atoms with van der Waals surface area (Å²) in [6, 6.07) is 10.2. The van der Waals surface area contributed by atoms with Crippen molar-refractivity contribution < 1.29 is 9.21 Å². The number of nitrogens with zero attached hydrogens (tertiary/aromatic N) is 4. The number of carbonyl (C=O) groups is 1. The molecule has 0 aliphatic rings. The van der Waals surface area contributed by atoms with Gasteiger partial charge < -0.3 is 4.42 Å². The molecule has 0 radical (unpaired) electrons. The van der Waals surface area contributed by atoms with Crippen molar-refractivity contribution in [1.29, 1.82) is 0 Å². The van der Waals surface area contributed by atoms with Gasteiger partial charge in [-0.15, -0.1) is 16.9 Å². The third-order valence-corrected chi connectivity index (χ3v) is 4.65. The molecule has 2 aromatic heterocycles. The summed E-state index contributed by atoms with van der Waals surface area (Å²) in [7, 11) is 1.78. The molecule has 0 saturated carbocycles. The molecule has 130 valence electrons. The Kier molecular flexibility index (Phi) is 5.49. The monoisotopic (exact) mass is 357 g/mol. The molecule has 1 amide bonds. The molecule has 8 heteroatoms. The number of aromatic nitrogens is 4. The molecule has 0 unspecified atom stereocenters. The second-order valence-corrected chi connectivity index (χ2v) is 6.73. The molecule has 3 aromatic rings. The van der Waals surface area contributed by atoms with Crippen molar-refractivity contribution in [3.05, 3.63) is 42.1 Å². The van der Waals surface area contributed by atoms with E-state index < -0.39 is 0 Å². The van der Waals surface area contributed by atoms with E-state index in [2.05, 4.69) is 51.8 Å². The number of hydrogen-bond donors (Lipinski definition) is 1. The molecule has 0 aliphatic carbocycles. The van der Waals surface area contributed by atoms with Crippen molar-refractivity contribution in [2.45, 2.75) is 24.7 Å². The zero-order valence-corrected chi connectivity index (χ0v) is 14.9. The van der Waals surface area contributed by atoms with Gasteiger partial charge in [-0.25, -0.2) is 0 Å². The molecular weight excluding hydrogens is 338 g/mol. The van der Waals surface area contributed by atoms with Crippen LogP contribution in [0.1, 0.15) is 18.4 Å². The highest BCUT2D eigenvalue weighted by Crippen LogP contribution is 2.20. The van der Waals surface area contributed by atoms with Crippen molar-refractivity contribution in [3.63, 3.8) is 0 Å². The summed E-state index contributed by atoms with van der Waals surface area (Å²) in [5, 5.41) is 14.4. The lowest BCUT2D eigenvalue weighted by Crippen LogP contribution is -2.11. The zero-order valence-electron chi connectivity index (χ0n) is 14.1. The lowest BCUT2D eigenvalue weighted by molar-refractivity contribution is -0.116. The third-order valence-electron chi connectivity index (χ3n) is 3.55. The average molecular weight is 357 g/mol. The van der Waals surface area contributed by atoms with Crippen LogP contribution in [-0.4, -0.2) is 31.6 Å². The summed E-state index contributed by atoms with van der Waals surface area (Å²) >= 11 is 1.74. The molecule has 1 N–H and O–H groups in total. The van der Waals surface area contributed by atoms with Crippen LogP contribution in [0.25, 0.3) is 11.6 Å². The van der Waals surface area contributed by atoms with Gasteiger partial charge in [0.1, 0.15) is 5.69 Å². The van der Waals surface area contributed by atoms with Gasteiger partial charge >= 0.3 is 6.01 Å². The third kappa shape index (κ3) is 4.69. The maximum atomic E-state index is 12.0. The first-order chi connectivity index (χ1) is 12.1. The van der Waals surface area contributed by atoms with Gasteiger partial charge in [0, 0.05) is 24.6 Å². The molecule has 0 atom stereocenters. The van der Waals surface area contributed by atoms with Crippen LogP contribution in [0.3, 0.4) is 0 Å². The topological polar surface area (TPSA) is 85.8 Å². The summed E-state index contributed by atoms with van der Waals surface area (Å²) in [5.41, 5.74) is 1.94. The quantitative estimate of drug-likeness (QED) is 0.516. The van der Waals surface area contributed by atoms with Crippen LogP contribution in [0, 0.1) is 6.92 Å². The number of thioether (sulfide) groups is 1. The maximum absolute atomic E-state index is 12.0. The molecule has 7 nitrogen and oxygen atoms in total. The lowest BCUT2D eigenvalue weighted by atomic mass is 10.2. The number of hydrogen-bond acceptors (Lipinski definition) is 6. The summed E-state index contributed by atoms with van der Waals surface area (Å²) < 4.78 is 7.07. The van der Waals surface area contributed by atoms with Crippen LogP contribution in [-0.2, 0) is 11.8 Å². The Bertz CT molecular complexity index is 841. The fraction of sp³-hybridized carbons (Fsp3) is 0.294. The first kappa shape index (κ1) is 17.2. The largest absolute Gasteiger partial charge is 0.401 e. The van der Waals surface area contributed by atoms with E-state index in [0.717, 1.165) is 12.2 Å². The molecule has 0 bridgehead atoms. The maximum Gasteiger partial charge on any atom is 0.322 e. The minimum Gasteiger partial charge on any atom is -0.401 e. The second-order valence-electron chi connectivity index (χ2n) is 5.57. The van der Waals surface area contributed by atoms with Crippen molar-refractivity contribution in [2.75, 3.05) is 11.1 Å². The first-order valence-electron chi connectivity index (χ1n) is 7.93. The van der Waals surface area contributed by atoms with Crippen molar-refractivity contribution >= 4 is 23.7 Å². The zero-order chi connectivity index (χ0) is 17.6. The summed E-state index contributed by atoms with van der Waals surface area (Å²) in [4.78, 5) is 13.2. The smallest absolute Gasteiger partial charge is 0.322 e. The highest BCUT2D eigenvalue weighted by atomic mass is 32.2. The molecule has 0 aliphatic heterocycles. The number of carbonyl (C=O) groups excluding carboxylic acids is 1. The van der Waals surface area contributed by atoms with E-state index in [1.807, 2.05) is 0 Å². The molecule has 3 rings (SSSR count). The minimum absolute atomic E-state index is 0.104. The molecule has 0 spiro atoms. The minimum atomic E-state index is -0.135. The van der Waals surface area contributed by atoms with Crippen molar-refractivity contribution in [2.24, 2.45) is 7.05 Å². The van der Waals surface area contributed by atoms with Crippen LogP contribution in [0.2, 0.25) is 0 Å². The highest BCUT2D eigenvalue weighted by molar-refractivity contribution is 7.99. The van der Waals surface area contributed by atoms with E-state index in [1.54, 1.807) is 35.8 Å². The summed E-state index contributed by atoms with van der Waals surface area (Å²) in [6.45, 7) is 2.07. The van der Waals surface area contributed by atoms with E-state index in [-0.39, 0.29) is 11.9 Å². The predicted octanol–water partition coefficient (Wildman–Crippen LogP) is 3.29. The number of benzene rings is 1. The molecule has 1 aromatic carbocycles. The number of anilines is 1. The Morgan fingerprint density at radius 1 is 1.24 bits per heavy atom. The Balaban J connectivity index is 1.43. The van der Waals surface area contributed by atoms with Crippen LogP contribution >= 0.6 is 11.8 Å². The molecule has 2 heterocycles. The van der Waals surface area contributed by atoms with Gasteiger partial charge in [0.25, 0.3) is 5.89 Å². The van der Waals surface area contributed by atoms with E-state index in [4.69, 9.17) is 4.42 Å².